The molecule has 5 heteroatoms. The van der Waals surface area contributed by atoms with Gasteiger partial charge in [0.15, 0.2) is 9.84 Å². The van der Waals surface area contributed by atoms with Crippen LogP contribution >= 0.6 is 0 Å². The largest absolute Gasteiger partial charge is 0.370 e. The van der Waals surface area contributed by atoms with Gasteiger partial charge in [0.05, 0.1) is 38.6 Å². The van der Waals surface area contributed by atoms with E-state index in [1.54, 1.807) is 0 Å². The molecule has 0 radical (unpaired) electrons. The topological polar surface area (TPSA) is 43.4 Å². The summed E-state index contributed by atoms with van der Waals surface area (Å²) in [7, 11) is 1.18. The van der Waals surface area contributed by atoms with Gasteiger partial charge in [-0.3, -0.25) is 0 Å². The Morgan fingerprint density at radius 3 is 2.00 bits per heavy atom. The maximum atomic E-state index is 11.1. The first-order valence-corrected chi connectivity index (χ1v) is 7.61. The third-order valence-electron chi connectivity index (χ3n) is 2.30. The Balaban J connectivity index is 3.97. The highest BCUT2D eigenvalue weighted by Gasteiger charge is 2.19. The van der Waals surface area contributed by atoms with Crippen molar-refractivity contribution >= 4 is 9.84 Å². The number of hydrogen-bond donors (Lipinski definition) is 0. The lowest BCUT2D eigenvalue weighted by Crippen LogP contribution is -2.46. The minimum atomic E-state index is -2.87. The predicted molar refractivity (Wildman–Crippen MR) is 67.3 cm³/mol. The van der Waals surface area contributed by atoms with E-state index in [1.165, 1.54) is 6.26 Å². The predicted octanol–water partition coefficient (Wildman–Crippen LogP) is 0.923. The monoisotopic (exact) mass is 252 g/mol. The van der Waals surface area contributed by atoms with Gasteiger partial charge >= 0.3 is 0 Å². The van der Waals surface area contributed by atoms with Crippen LogP contribution in [0.5, 0.6) is 0 Å². The van der Waals surface area contributed by atoms with Crippen molar-refractivity contribution in [3.8, 4) is 0 Å². The minimum Gasteiger partial charge on any atom is -0.370 e. The Bertz CT molecular complexity index is 302. The van der Waals surface area contributed by atoms with Gasteiger partial charge in [0.25, 0.3) is 0 Å². The molecule has 0 aromatic rings. The lowest BCUT2D eigenvalue weighted by atomic mass is 10.2. The first kappa shape index (κ1) is 15.9. The second kappa shape index (κ2) is 5.47. The molecule has 0 aliphatic heterocycles. The summed E-state index contributed by atoms with van der Waals surface area (Å²) in [6.07, 6.45) is 1.28. The fraction of sp³-hybridized carbons (Fsp3) is 1.00. The highest BCUT2D eigenvalue weighted by molar-refractivity contribution is 7.90. The van der Waals surface area contributed by atoms with Gasteiger partial charge in [-0.15, -0.1) is 0 Å². The molecule has 0 N–H and O–H groups in total. The lowest BCUT2D eigenvalue weighted by molar-refractivity contribution is -0.888. The van der Waals surface area contributed by atoms with Crippen molar-refractivity contribution in [1.82, 2.24) is 0 Å². The van der Waals surface area contributed by atoms with E-state index in [9.17, 15) is 8.42 Å². The zero-order valence-corrected chi connectivity index (χ0v) is 12.2. The Labute approximate surface area is 100 Å². The van der Waals surface area contributed by atoms with Crippen LogP contribution in [0.1, 0.15) is 20.8 Å². The number of ether oxygens (including phenoxy) is 1. The van der Waals surface area contributed by atoms with Gasteiger partial charge in [0, 0.05) is 6.26 Å². The van der Waals surface area contributed by atoms with Crippen LogP contribution in [-0.2, 0) is 14.6 Å². The van der Waals surface area contributed by atoms with Crippen molar-refractivity contribution in [3.63, 3.8) is 0 Å². The Morgan fingerprint density at radius 2 is 1.62 bits per heavy atom. The number of likely N-dealkylation sites (N-methyl/N-ethyl adjacent to an activating group) is 1. The second-order valence-corrected chi connectivity index (χ2v) is 8.23. The fourth-order valence-electron chi connectivity index (χ4n) is 1.12. The van der Waals surface area contributed by atoms with Crippen LogP contribution in [0.4, 0.5) is 0 Å². The molecule has 16 heavy (non-hydrogen) atoms. The molecule has 0 aliphatic carbocycles. The Hall–Kier alpha value is -0.130. The van der Waals surface area contributed by atoms with Crippen molar-refractivity contribution in [2.45, 2.75) is 26.4 Å². The third kappa shape index (κ3) is 10.4. The molecule has 0 bridgehead atoms. The van der Waals surface area contributed by atoms with Crippen LogP contribution < -0.4 is 0 Å². The molecule has 0 amide bonds. The number of nitrogens with zero attached hydrogens (tertiary/aromatic N) is 1. The SMILES string of the molecule is CC(C)(C)OCC[N+](C)(C)CCS(C)(=O)=O. The summed E-state index contributed by atoms with van der Waals surface area (Å²) in [5.74, 6) is 0.232. The fourth-order valence-corrected chi connectivity index (χ4v) is 1.95. The van der Waals surface area contributed by atoms with Crippen molar-refractivity contribution in [3.05, 3.63) is 0 Å². The van der Waals surface area contributed by atoms with Gasteiger partial charge in [0.1, 0.15) is 6.54 Å². The van der Waals surface area contributed by atoms with E-state index in [2.05, 4.69) is 0 Å². The van der Waals surface area contributed by atoms with E-state index >= 15 is 0 Å². The van der Waals surface area contributed by atoms with Crippen molar-refractivity contribution in [1.29, 1.82) is 0 Å². The summed E-state index contributed by atoms with van der Waals surface area (Å²) in [6, 6.07) is 0. The van der Waals surface area contributed by atoms with Crippen LogP contribution in [0.2, 0.25) is 0 Å². The smallest absolute Gasteiger partial charge is 0.152 e. The molecule has 0 aromatic heterocycles. The summed E-state index contributed by atoms with van der Waals surface area (Å²) in [4.78, 5) is 0. The summed E-state index contributed by atoms with van der Waals surface area (Å²) in [5.41, 5.74) is -0.128. The zero-order chi connectivity index (χ0) is 13.0. The summed E-state index contributed by atoms with van der Waals surface area (Å²) < 4.78 is 28.4. The van der Waals surface area contributed by atoms with Crippen molar-refractivity contribution in [2.75, 3.05) is 45.8 Å². The molecular formula is C11H26NO3S+. The summed E-state index contributed by atoms with van der Waals surface area (Å²) in [5, 5.41) is 0. The van der Waals surface area contributed by atoms with E-state index < -0.39 is 9.84 Å². The van der Waals surface area contributed by atoms with E-state index in [0.717, 1.165) is 6.54 Å². The maximum absolute atomic E-state index is 11.1. The molecule has 0 fully saturated rings. The van der Waals surface area contributed by atoms with Gasteiger partial charge in [-0.05, 0) is 20.8 Å². The zero-order valence-electron chi connectivity index (χ0n) is 11.4. The van der Waals surface area contributed by atoms with Gasteiger partial charge in [-0.1, -0.05) is 0 Å². The maximum Gasteiger partial charge on any atom is 0.152 e. The van der Waals surface area contributed by atoms with E-state index in [-0.39, 0.29) is 11.4 Å². The van der Waals surface area contributed by atoms with E-state index in [1.807, 2.05) is 34.9 Å². The molecular weight excluding hydrogens is 226 g/mol. The number of hydrogen-bond acceptors (Lipinski definition) is 3. The lowest BCUT2D eigenvalue weighted by Gasteiger charge is -2.31. The van der Waals surface area contributed by atoms with Gasteiger partial charge < -0.3 is 9.22 Å². The molecule has 0 heterocycles. The third-order valence-corrected chi connectivity index (χ3v) is 3.22. The Kier molecular flexibility index (Phi) is 5.42. The Morgan fingerprint density at radius 1 is 1.12 bits per heavy atom. The molecule has 0 atom stereocenters. The molecule has 0 saturated heterocycles. The number of sulfone groups is 1. The van der Waals surface area contributed by atoms with Crippen LogP contribution in [0.15, 0.2) is 0 Å². The van der Waals surface area contributed by atoms with Gasteiger partial charge in [0.2, 0.25) is 0 Å². The first-order chi connectivity index (χ1) is 6.91. The molecule has 0 unspecified atom stereocenters. The van der Waals surface area contributed by atoms with Crippen LogP contribution in [0.3, 0.4) is 0 Å². The average molecular weight is 252 g/mol. The van der Waals surface area contributed by atoms with Gasteiger partial charge in [-0.2, -0.15) is 0 Å². The van der Waals surface area contributed by atoms with Crippen LogP contribution in [0.25, 0.3) is 0 Å². The number of quaternary nitrogens is 1. The standard InChI is InChI=1S/C11H26NO3S/c1-11(2,3)15-9-7-12(4,5)8-10-16(6,13)14/h7-10H2,1-6H3/q+1. The highest BCUT2D eigenvalue weighted by Crippen LogP contribution is 2.07. The van der Waals surface area contributed by atoms with Crippen LogP contribution in [-0.4, -0.2) is 64.3 Å². The molecule has 0 spiro atoms. The summed E-state index contributed by atoms with van der Waals surface area (Å²) >= 11 is 0. The number of rotatable bonds is 6. The quantitative estimate of drug-likeness (QED) is 0.660. The minimum absolute atomic E-state index is 0.128. The highest BCUT2D eigenvalue weighted by atomic mass is 32.2. The summed E-state index contributed by atoms with van der Waals surface area (Å²) in [6.45, 7) is 8.16. The first-order valence-electron chi connectivity index (χ1n) is 5.55. The molecule has 0 aromatic carbocycles. The normalized spacial score (nSPS) is 14.1. The van der Waals surface area contributed by atoms with E-state index in [0.29, 0.717) is 17.6 Å². The van der Waals surface area contributed by atoms with Crippen molar-refractivity contribution in [2.24, 2.45) is 0 Å². The van der Waals surface area contributed by atoms with Gasteiger partial charge in [-0.25, -0.2) is 8.42 Å². The molecule has 4 nitrogen and oxygen atoms in total. The average Bonchev–Trinajstić information content (AvgIpc) is 1.97. The molecule has 0 aliphatic rings. The molecule has 98 valence electrons. The van der Waals surface area contributed by atoms with Crippen molar-refractivity contribution < 1.29 is 17.6 Å². The van der Waals surface area contributed by atoms with E-state index in [4.69, 9.17) is 4.74 Å². The second-order valence-electron chi connectivity index (χ2n) is 5.97. The molecule has 0 rings (SSSR count). The van der Waals surface area contributed by atoms with Crippen LogP contribution in [0, 0.1) is 0 Å². The molecule has 0 saturated carbocycles.